The van der Waals surface area contributed by atoms with Gasteiger partial charge in [0.1, 0.15) is 0 Å². The van der Waals surface area contributed by atoms with Crippen molar-refractivity contribution in [3.63, 3.8) is 0 Å². The van der Waals surface area contributed by atoms with Crippen LogP contribution < -0.4 is 0 Å². The lowest BCUT2D eigenvalue weighted by Gasteiger charge is -2.47. The van der Waals surface area contributed by atoms with Crippen molar-refractivity contribution in [2.24, 2.45) is 5.41 Å². The highest BCUT2D eigenvalue weighted by atomic mass is 14.7. The van der Waals surface area contributed by atoms with Crippen LogP contribution in [0, 0.1) is 5.41 Å². The zero-order valence-electron chi connectivity index (χ0n) is 29.6. The van der Waals surface area contributed by atoms with E-state index in [4.69, 9.17) is 0 Å². The number of aromatic nitrogens is 2. The SMILES string of the molecule is CC(C)(C)c1cc2c3c(c1)C=CC1(C)C(c4ccc(-c5ccc(-c6ccncc6)cc5)cc4)=CC(c4ccc(-c5ccccn5)cc4)=C(C=C2)C31. The van der Waals surface area contributed by atoms with Crippen molar-refractivity contribution in [2.45, 2.75) is 39.0 Å². The number of hydrogen-bond acceptors (Lipinski definition) is 2. The molecule has 51 heavy (non-hydrogen) atoms. The summed E-state index contributed by atoms with van der Waals surface area (Å²) < 4.78 is 0. The molecule has 4 aromatic carbocycles. The van der Waals surface area contributed by atoms with Gasteiger partial charge in [-0.25, -0.2) is 0 Å². The van der Waals surface area contributed by atoms with Gasteiger partial charge in [-0.05, 0) is 108 Å². The molecule has 0 spiro atoms. The molecule has 0 bridgehead atoms. The van der Waals surface area contributed by atoms with E-state index in [2.05, 4.69) is 171 Å². The summed E-state index contributed by atoms with van der Waals surface area (Å²) in [7, 11) is 0. The average Bonchev–Trinajstić information content (AvgIpc) is 3.17. The minimum Gasteiger partial charge on any atom is -0.265 e. The van der Waals surface area contributed by atoms with E-state index in [1.165, 1.54) is 72.4 Å². The molecule has 3 aliphatic carbocycles. The number of pyridine rings is 2. The molecule has 2 aromatic heterocycles. The summed E-state index contributed by atoms with van der Waals surface area (Å²) in [6.45, 7) is 9.37. The first kappa shape index (κ1) is 31.1. The van der Waals surface area contributed by atoms with Crippen molar-refractivity contribution in [1.29, 1.82) is 0 Å². The van der Waals surface area contributed by atoms with Crippen molar-refractivity contribution >= 4 is 23.3 Å². The van der Waals surface area contributed by atoms with E-state index < -0.39 is 0 Å². The van der Waals surface area contributed by atoms with E-state index in [0.717, 1.165) is 11.3 Å². The minimum absolute atomic E-state index is 0.0727. The van der Waals surface area contributed by atoms with E-state index in [0.29, 0.717) is 0 Å². The molecule has 6 aromatic rings. The Hall–Kier alpha value is -5.86. The Labute approximate surface area is 301 Å². The van der Waals surface area contributed by atoms with Crippen molar-refractivity contribution in [2.75, 3.05) is 0 Å². The van der Waals surface area contributed by atoms with Gasteiger partial charge in [-0.1, -0.05) is 143 Å². The van der Waals surface area contributed by atoms with E-state index >= 15 is 0 Å². The Balaban J connectivity index is 1.16. The summed E-state index contributed by atoms with van der Waals surface area (Å²) in [5.41, 5.74) is 18.8. The fourth-order valence-electron chi connectivity index (χ4n) is 8.27. The first-order valence-electron chi connectivity index (χ1n) is 17.9. The first-order chi connectivity index (χ1) is 24.8. The molecule has 0 saturated carbocycles. The molecule has 0 saturated heterocycles. The lowest BCUT2D eigenvalue weighted by molar-refractivity contribution is 0.485. The molecule has 9 rings (SSSR count). The topological polar surface area (TPSA) is 25.8 Å². The normalized spacial score (nSPS) is 18.7. The van der Waals surface area contributed by atoms with Gasteiger partial charge in [0.15, 0.2) is 0 Å². The van der Waals surface area contributed by atoms with Gasteiger partial charge in [-0.3, -0.25) is 9.97 Å². The summed E-state index contributed by atoms with van der Waals surface area (Å²) in [6.07, 6.45) is 17.6. The van der Waals surface area contributed by atoms with Crippen molar-refractivity contribution < 1.29 is 0 Å². The van der Waals surface area contributed by atoms with Crippen LogP contribution in [0.1, 0.15) is 67.0 Å². The Bertz CT molecular complexity index is 2400. The molecular weight excluding hydrogens is 617 g/mol. The highest BCUT2D eigenvalue weighted by Gasteiger charge is 2.47. The van der Waals surface area contributed by atoms with Gasteiger partial charge in [-0.2, -0.15) is 0 Å². The second-order valence-electron chi connectivity index (χ2n) is 15.3. The molecule has 2 nitrogen and oxygen atoms in total. The monoisotopic (exact) mass is 656 g/mol. The fraction of sp³-hybridized carbons (Fsp3) is 0.143. The molecule has 246 valence electrons. The predicted octanol–water partition coefficient (Wildman–Crippen LogP) is 12.5. The molecule has 2 atom stereocenters. The van der Waals surface area contributed by atoms with Gasteiger partial charge in [0, 0.05) is 35.5 Å². The molecule has 0 fully saturated rings. The summed E-state index contributed by atoms with van der Waals surface area (Å²) in [6, 6.07) is 42.1. The van der Waals surface area contributed by atoms with Gasteiger partial charge in [0.05, 0.1) is 5.69 Å². The standard InChI is InChI=1S/C49H40N2/c1-48(2,3)41-29-39-20-21-42-43(36-14-18-38(19-15-36)45-7-5-6-26-51-45)31-44(49(4)25-22-40(30-41)46(39)47(42)49)37-16-12-33(13-17-37)32-8-10-34(11-9-32)35-23-27-50-28-24-35/h5-31,47H,1-4H3. The van der Waals surface area contributed by atoms with Gasteiger partial charge < -0.3 is 0 Å². The van der Waals surface area contributed by atoms with Crippen molar-refractivity contribution in [1.82, 2.24) is 9.97 Å². The molecule has 2 unspecified atom stereocenters. The van der Waals surface area contributed by atoms with Crippen LogP contribution in [0.4, 0.5) is 0 Å². The number of benzene rings is 4. The molecule has 0 amide bonds. The number of rotatable bonds is 5. The second-order valence-corrected chi connectivity index (χ2v) is 15.3. The van der Waals surface area contributed by atoms with Crippen LogP contribution in [0.5, 0.6) is 0 Å². The van der Waals surface area contributed by atoms with Gasteiger partial charge in [0.2, 0.25) is 0 Å². The molecule has 2 heterocycles. The summed E-state index contributed by atoms with van der Waals surface area (Å²) >= 11 is 0. The van der Waals surface area contributed by atoms with Gasteiger partial charge >= 0.3 is 0 Å². The van der Waals surface area contributed by atoms with E-state index in [1.54, 1.807) is 0 Å². The van der Waals surface area contributed by atoms with Crippen LogP contribution in [0.3, 0.4) is 0 Å². The average molecular weight is 657 g/mol. The zero-order chi connectivity index (χ0) is 34.7. The van der Waals surface area contributed by atoms with Gasteiger partial charge in [-0.15, -0.1) is 0 Å². The van der Waals surface area contributed by atoms with E-state index in [1.807, 2.05) is 30.7 Å². The summed E-state index contributed by atoms with van der Waals surface area (Å²) in [5.74, 6) is 0.206. The maximum Gasteiger partial charge on any atom is 0.0701 e. The van der Waals surface area contributed by atoms with E-state index in [-0.39, 0.29) is 16.7 Å². The van der Waals surface area contributed by atoms with Gasteiger partial charge in [0.25, 0.3) is 0 Å². The Kier molecular flexibility index (Phi) is 7.26. The molecular formula is C49H40N2. The van der Waals surface area contributed by atoms with Crippen LogP contribution in [-0.2, 0) is 5.41 Å². The summed E-state index contributed by atoms with van der Waals surface area (Å²) in [5, 5.41) is 0. The molecule has 0 radical (unpaired) electrons. The van der Waals surface area contributed by atoms with Crippen molar-refractivity contribution in [3.8, 4) is 33.5 Å². The predicted molar refractivity (Wildman–Crippen MR) is 214 cm³/mol. The van der Waals surface area contributed by atoms with E-state index in [9.17, 15) is 0 Å². The van der Waals surface area contributed by atoms with Crippen molar-refractivity contribution in [3.05, 3.63) is 191 Å². The number of allylic oxidation sites excluding steroid dienone is 6. The maximum absolute atomic E-state index is 4.60. The second kappa shape index (κ2) is 11.9. The lowest BCUT2D eigenvalue weighted by atomic mass is 9.55. The third-order valence-corrected chi connectivity index (χ3v) is 11.1. The largest absolute Gasteiger partial charge is 0.265 e. The Morgan fingerprint density at radius 3 is 1.75 bits per heavy atom. The lowest BCUT2D eigenvalue weighted by Crippen LogP contribution is -2.34. The van der Waals surface area contributed by atoms with Crippen LogP contribution >= 0.6 is 0 Å². The Morgan fingerprint density at radius 1 is 0.569 bits per heavy atom. The highest BCUT2D eigenvalue weighted by molar-refractivity contribution is 5.97. The Morgan fingerprint density at radius 2 is 1.14 bits per heavy atom. The van der Waals surface area contributed by atoms with Crippen LogP contribution in [0.25, 0.3) is 56.8 Å². The molecule has 0 N–H and O–H groups in total. The number of nitrogens with zero attached hydrogens (tertiary/aromatic N) is 2. The minimum atomic E-state index is -0.212. The maximum atomic E-state index is 4.60. The fourth-order valence-corrected chi connectivity index (χ4v) is 8.27. The molecule has 3 aliphatic rings. The van der Waals surface area contributed by atoms with Crippen LogP contribution in [0.15, 0.2) is 158 Å². The summed E-state index contributed by atoms with van der Waals surface area (Å²) in [4.78, 5) is 8.76. The first-order valence-corrected chi connectivity index (χ1v) is 17.9. The van der Waals surface area contributed by atoms with Crippen LogP contribution in [-0.4, -0.2) is 9.97 Å². The smallest absolute Gasteiger partial charge is 0.0701 e. The third-order valence-electron chi connectivity index (χ3n) is 11.1. The van der Waals surface area contributed by atoms with Crippen LogP contribution in [0.2, 0.25) is 0 Å². The number of hydrogen-bond donors (Lipinski definition) is 0. The molecule has 2 heteroatoms. The quantitative estimate of drug-likeness (QED) is 0.185. The molecule has 0 aliphatic heterocycles. The highest BCUT2D eigenvalue weighted by Crippen LogP contribution is 2.61. The third kappa shape index (κ3) is 5.34. The zero-order valence-corrected chi connectivity index (χ0v) is 29.6.